The lowest BCUT2D eigenvalue weighted by Gasteiger charge is -2.18. The van der Waals surface area contributed by atoms with Crippen molar-refractivity contribution in [2.45, 2.75) is 11.7 Å². The number of hydrogen-bond acceptors (Lipinski definition) is 4. The van der Waals surface area contributed by atoms with Crippen molar-refractivity contribution < 1.29 is 9.59 Å². The Morgan fingerprint density at radius 1 is 1.00 bits per heavy atom. The lowest BCUT2D eigenvalue weighted by atomic mass is 10.1. The van der Waals surface area contributed by atoms with Crippen LogP contribution in [0.1, 0.15) is 5.56 Å². The van der Waals surface area contributed by atoms with Gasteiger partial charge in [0.05, 0.1) is 15.3 Å². The lowest BCUT2D eigenvalue weighted by molar-refractivity contribution is -0.117. The normalized spacial score (nSPS) is 16.8. The number of nitrogens with zero attached hydrogens (tertiary/aromatic N) is 2. The van der Waals surface area contributed by atoms with Gasteiger partial charge >= 0.3 is 0 Å². The van der Waals surface area contributed by atoms with Gasteiger partial charge in [0.15, 0.2) is 0 Å². The van der Waals surface area contributed by atoms with Crippen LogP contribution in [0.3, 0.4) is 0 Å². The minimum absolute atomic E-state index is 0.159. The van der Waals surface area contributed by atoms with Crippen LogP contribution in [0.15, 0.2) is 83.4 Å². The SMILES string of the molecule is N#C/C(C(=O)Nc1ccc(Cl)cc1)=C1/S[C@H](Cc2ccc(Cl)c(Cl)c2)C(=O)N1c1ccccc1. The molecule has 9 heteroatoms. The number of nitrogens with one attached hydrogen (secondary N) is 1. The zero-order valence-electron chi connectivity index (χ0n) is 17.5. The molecule has 0 spiro atoms. The van der Waals surface area contributed by atoms with E-state index in [1.807, 2.05) is 12.1 Å². The van der Waals surface area contributed by atoms with Crippen LogP contribution in [0.25, 0.3) is 0 Å². The summed E-state index contributed by atoms with van der Waals surface area (Å²) in [5.41, 5.74) is 1.71. The number of carbonyl (C=O) groups is 2. The molecule has 1 saturated heterocycles. The molecular formula is C25H16Cl3N3O2S. The third kappa shape index (κ3) is 5.24. The number of halogens is 3. The molecule has 0 aromatic heterocycles. The summed E-state index contributed by atoms with van der Waals surface area (Å²) in [5.74, 6) is -0.847. The van der Waals surface area contributed by atoms with Gasteiger partial charge in [0.25, 0.3) is 5.91 Å². The van der Waals surface area contributed by atoms with Gasteiger partial charge in [-0.3, -0.25) is 14.5 Å². The van der Waals surface area contributed by atoms with E-state index in [1.165, 1.54) is 16.7 Å². The summed E-state index contributed by atoms with van der Waals surface area (Å²) in [6.45, 7) is 0. The third-order valence-corrected chi connectivity index (χ3v) is 7.28. The number of thioether (sulfide) groups is 1. The second-order valence-corrected chi connectivity index (χ2v) is 9.76. The molecule has 1 fully saturated rings. The minimum Gasteiger partial charge on any atom is -0.321 e. The van der Waals surface area contributed by atoms with E-state index in [2.05, 4.69) is 5.32 Å². The number of benzene rings is 3. The van der Waals surface area contributed by atoms with Crippen LogP contribution in [0.5, 0.6) is 0 Å². The number of carbonyl (C=O) groups excluding carboxylic acids is 2. The highest BCUT2D eigenvalue weighted by molar-refractivity contribution is 8.05. The molecule has 1 atom stereocenters. The molecule has 3 aromatic rings. The Balaban J connectivity index is 1.70. The van der Waals surface area contributed by atoms with Crippen molar-refractivity contribution in [3.63, 3.8) is 0 Å². The summed E-state index contributed by atoms with van der Waals surface area (Å²) in [7, 11) is 0. The monoisotopic (exact) mass is 527 g/mol. The summed E-state index contributed by atoms with van der Waals surface area (Å²) in [4.78, 5) is 27.9. The lowest BCUT2D eigenvalue weighted by Crippen LogP contribution is -2.30. The maximum atomic E-state index is 13.5. The molecular weight excluding hydrogens is 513 g/mol. The average Bonchev–Trinajstić information content (AvgIpc) is 3.14. The van der Waals surface area contributed by atoms with E-state index in [-0.39, 0.29) is 16.5 Å². The molecule has 0 unspecified atom stereocenters. The molecule has 2 amide bonds. The molecule has 170 valence electrons. The van der Waals surface area contributed by atoms with Gasteiger partial charge in [0, 0.05) is 16.4 Å². The van der Waals surface area contributed by atoms with Gasteiger partial charge in [-0.2, -0.15) is 5.26 Å². The van der Waals surface area contributed by atoms with Crippen molar-refractivity contribution in [1.82, 2.24) is 0 Å². The minimum atomic E-state index is -0.615. The Morgan fingerprint density at radius 3 is 2.35 bits per heavy atom. The van der Waals surface area contributed by atoms with Crippen LogP contribution in [-0.4, -0.2) is 17.1 Å². The van der Waals surface area contributed by atoms with Crippen LogP contribution in [0.2, 0.25) is 15.1 Å². The Morgan fingerprint density at radius 2 is 1.71 bits per heavy atom. The molecule has 1 N–H and O–H groups in total. The van der Waals surface area contributed by atoms with Crippen molar-refractivity contribution in [3.05, 3.63) is 104 Å². The Bertz CT molecular complexity index is 1320. The van der Waals surface area contributed by atoms with Gasteiger partial charge in [0.1, 0.15) is 16.7 Å². The van der Waals surface area contributed by atoms with E-state index in [0.717, 1.165) is 5.56 Å². The number of para-hydroxylation sites is 1. The van der Waals surface area contributed by atoms with E-state index in [9.17, 15) is 14.9 Å². The van der Waals surface area contributed by atoms with Crippen LogP contribution in [0.4, 0.5) is 11.4 Å². The first-order valence-corrected chi connectivity index (χ1v) is 12.1. The van der Waals surface area contributed by atoms with Crippen molar-refractivity contribution in [1.29, 1.82) is 5.26 Å². The molecule has 5 nitrogen and oxygen atoms in total. The Kier molecular flexibility index (Phi) is 7.50. The summed E-state index contributed by atoms with van der Waals surface area (Å²) < 4.78 is 0. The molecule has 0 aliphatic carbocycles. The fraction of sp³-hybridized carbons (Fsp3) is 0.0800. The summed E-state index contributed by atoms with van der Waals surface area (Å²) in [6, 6.07) is 22.6. The van der Waals surface area contributed by atoms with Crippen molar-refractivity contribution in [3.8, 4) is 6.07 Å². The first-order chi connectivity index (χ1) is 16.4. The van der Waals surface area contributed by atoms with Crippen molar-refractivity contribution in [2.24, 2.45) is 0 Å². The van der Waals surface area contributed by atoms with Crippen LogP contribution < -0.4 is 10.2 Å². The first-order valence-electron chi connectivity index (χ1n) is 10.1. The number of anilines is 2. The van der Waals surface area contributed by atoms with Gasteiger partial charge in [-0.15, -0.1) is 0 Å². The highest BCUT2D eigenvalue weighted by atomic mass is 35.5. The maximum Gasteiger partial charge on any atom is 0.269 e. The average molecular weight is 529 g/mol. The number of hydrogen-bond donors (Lipinski definition) is 1. The van der Waals surface area contributed by atoms with E-state index in [0.29, 0.717) is 32.9 Å². The third-order valence-electron chi connectivity index (χ3n) is 5.03. The maximum absolute atomic E-state index is 13.5. The first kappa shape index (κ1) is 24.2. The van der Waals surface area contributed by atoms with E-state index < -0.39 is 11.2 Å². The van der Waals surface area contributed by atoms with Crippen molar-refractivity contribution >= 4 is 69.8 Å². The zero-order chi connectivity index (χ0) is 24.2. The van der Waals surface area contributed by atoms with E-state index >= 15 is 0 Å². The van der Waals surface area contributed by atoms with Gasteiger partial charge in [-0.1, -0.05) is 70.8 Å². The fourth-order valence-electron chi connectivity index (χ4n) is 3.41. The van der Waals surface area contributed by atoms with Gasteiger partial charge in [-0.05, 0) is 60.5 Å². The highest BCUT2D eigenvalue weighted by Gasteiger charge is 2.40. The molecule has 0 saturated carbocycles. The molecule has 4 rings (SSSR count). The summed E-state index contributed by atoms with van der Waals surface area (Å²) in [5, 5.41) is 13.7. The second-order valence-electron chi connectivity index (χ2n) is 7.32. The molecule has 1 heterocycles. The van der Waals surface area contributed by atoms with Gasteiger partial charge < -0.3 is 5.32 Å². The molecule has 34 heavy (non-hydrogen) atoms. The molecule has 1 aliphatic heterocycles. The van der Waals surface area contributed by atoms with Crippen LogP contribution in [0, 0.1) is 11.3 Å². The Hall–Kier alpha value is -2.95. The molecule has 1 aliphatic rings. The van der Waals surface area contributed by atoms with E-state index in [1.54, 1.807) is 66.7 Å². The van der Waals surface area contributed by atoms with Crippen molar-refractivity contribution in [2.75, 3.05) is 10.2 Å². The van der Waals surface area contributed by atoms with Crippen LogP contribution >= 0.6 is 46.6 Å². The summed E-state index contributed by atoms with van der Waals surface area (Å²) in [6.07, 6.45) is 0.352. The zero-order valence-corrected chi connectivity index (χ0v) is 20.6. The standard InChI is InChI=1S/C25H16Cl3N3O2S/c26-16-7-9-17(10-8-16)30-23(32)19(14-29)25-31(18-4-2-1-3-5-18)24(33)22(34-25)13-15-6-11-20(27)21(28)12-15/h1-12,22H,13H2,(H,30,32)/b25-19-/t22-/m1/s1. The van der Waals surface area contributed by atoms with E-state index in [4.69, 9.17) is 34.8 Å². The highest BCUT2D eigenvalue weighted by Crippen LogP contribution is 2.42. The van der Waals surface area contributed by atoms with Gasteiger partial charge in [0.2, 0.25) is 5.91 Å². The smallest absolute Gasteiger partial charge is 0.269 e. The molecule has 0 radical (unpaired) electrons. The quantitative estimate of drug-likeness (QED) is 0.295. The fourth-order valence-corrected chi connectivity index (χ4v) is 5.16. The van der Waals surface area contributed by atoms with Gasteiger partial charge in [-0.25, -0.2) is 0 Å². The second kappa shape index (κ2) is 10.5. The molecule has 0 bridgehead atoms. The summed E-state index contributed by atoms with van der Waals surface area (Å²) >= 11 is 19.2. The predicted molar refractivity (Wildman–Crippen MR) is 138 cm³/mol. The Labute approximate surface area is 215 Å². The predicted octanol–water partition coefficient (Wildman–Crippen LogP) is 6.71. The van der Waals surface area contributed by atoms with Crippen LogP contribution in [-0.2, 0) is 16.0 Å². The number of rotatable bonds is 5. The molecule has 3 aromatic carbocycles. The number of nitriles is 1. The topological polar surface area (TPSA) is 73.2 Å². The largest absolute Gasteiger partial charge is 0.321 e. The number of amides is 2.